The number of imide groups is 1. The topological polar surface area (TPSA) is 66.9 Å². The van der Waals surface area contributed by atoms with E-state index in [0.717, 1.165) is 18.4 Å². The van der Waals surface area contributed by atoms with Crippen LogP contribution in [-0.4, -0.2) is 41.3 Å². The van der Waals surface area contributed by atoms with Gasteiger partial charge in [0.05, 0.1) is 18.7 Å². The summed E-state index contributed by atoms with van der Waals surface area (Å²) in [6, 6.07) is 13.5. The number of hydrogen-bond donors (Lipinski definition) is 0. The highest BCUT2D eigenvalue weighted by Gasteiger charge is 2.48. The summed E-state index contributed by atoms with van der Waals surface area (Å²) in [4.78, 5) is 41.9. The third kappa shape index (κ3) is 3.75. The van der Waals surface area contributed by atoms with Gasteiger partial charge in [0.25, 0.3) is 11.8 Å². The Morgan fingerprint density at radius 2 is 1.86 bits per heavy atom. The Morgan fingerprint density at radius 1 is 1.14 bits per heavy atom. The van der Waals surface area contributed by atoms with Crippen molar-refractivity contribution in [1.82, 2.24) is 4.90 Å². The first-order chi connectivity index (χ1) is 14.0. The van der Waals surface area contributed by atoms with E-state index >= 15 is 0 Å². The van der Waals surface area contributed by atoms with Crippen LogP contribution >= 0.6 is 0 Å². The van der Waals surface area contributed by atoms with Crippen molar-refractivity contribution in [2.45, 2.75) is 45.2 Å². The molecule has 2 aliphatic rings. The fraction of sp³-hybridized carbons (Fsp3) is 0.348. The molecule has 3 amide bonds. The van der Waals surface area contributed by atoms with Crippen LogP contribution in [0, 0.1) is 6.92 Å². The van der Waals surface area contributed by atoms with Crippen LogP contribution in [0.4, 0.5) is 5.69 Å². The third-order valence-electron chi connectivity index (χ3n) is 5.30. The minimum absolute atomic E-state index is 0.0140. The molecule has 4 rings (SSSR count). The van der Waals surface area contributed by atoms with Gasteiger partial charge in [-0.3, -0.25) is 14.4 Å². The van der Waals surface area contributed by atoms with Gasteiger partial charge in [0.15, 0.2) is 0 Å². The Morgan fingerprint density at radius 3 is 2.48 bits per heavy atom. The van der Waals surface area contributed by atoms with E-state index in [1.165, 1.54) is 4.90 Å². The van der Waals surface area contributed by atoms with Gasteiger partial charge >= 0.3 is 0 Å². The zero-order valence-electron chi connectivity index (χ0n) is 16.6. The van der Waals surface area contributed by atoms with Gasteiger partial charge in [0, 0.05) is 11.6 Å². The summed E-state index contributed by atoms with van der Waals surface area (Å²) >= 11 is 0. The van der Waals surface area contributed by atoms with E-state index in [1.807, 2.05) is 32.0 Å². The van der Waals surface area contributed by atoms with Crippen LogP contribution in [-0.2, 0) is 9.59 Å². The van der Waals surface area contributed by atoms with Gasteiger partial charge in [-0.25, -0.2) is 4.90 Å². The molecule has 1 aliphatic heterocycles. The highest BCUT2D eigenvalue weighted by Crippen LogP contribution is 2.35. The Hall–Kier alpha value is -3.15. The molecule has 150 valence electrons. The third-order valence-corrected chi connectivity index (χ3v) is 5.30. The van der Waals surface area contributed by atoms with Gasteiger partial charge in [0.2, 0.25) is 5.91 Å². The van der Waals surface area contributed by atoms with Crippen molar-refractivity contribution in [3.05, 3.63) is 59.7 Å². The van der Waals surface area contributed by atoms with Crippen molar-refractivity contribution < 1.29 is 19.1 Å². The first kappa shape index (κ1) is 19.2. The molecule has 1 saturated heterocycles. The predicted molar refractivity (Wildman–Crippen MR) is 109 cm³/mol. The fourth-order valence-electron chi connectivity index (χ4n) is 3.80. The molecule has 0 aromatic heterocycles. The molecule has 0 radical (unpaired) electrons. The van der Waals surface area contributed by atoms with E-state index in [0.29, 0.717) is 23.6 Å². The molecule has 6 heteroatoms. The summed E-state index contributed by atoms with van der Waals surface area (Å²) < 4.78 is 5.43. The van der Waals surface area contributed by atoms with E-state index in [9.17, 15) is 14.4 Å². The average Bonchev–Trinajstić information content (AvgIpc) is 3.49. The van der Waals surface area contributed by atoms with Crippen LogP contribution in [0.25, 0.3) is 0 Å². The van der Waals surface area contributed by atoms with Crippen molar-refractivity contribution in [3.8, 4) is 5.75 Å². The molecule has 2 aromatic carbocycles. The maximum Gasteiger partial charge on any atom is 0.257 e. The first-order valence-corrected chi connectivity index (χ1v) is 9.98. The second-order valence-corrected chi connectivity index (χ2v) is 7.53. The monoisotopic (exact) mass is 392 g/mol. The second-order valence-electron chi connectivity index (χ2n) is 7.53. The summed E-state index contributed by atoms with van der Waals surface area (Å²) in [5.74, 6) is -0.129. The minimum Gasteiger partial charge on any atom is -0.494 e. The molecule has 6 nitrogen and oxygen atoms in total. The Bertz CT molecular complexity index is 950. The molecule has 1 saturated carbocycles. The highest BCUT2D eigenvalue weighted by molar-refractivity contribution is 6.23. The number of aryl methyl sites for hydroxylation is 1. The number of anilines is 1. The number of nitrogens with zero attached hydrogens (tertiary/aromatic N) is 2. The van der Waals surface area contributed by atoms with Gasteiger partial charge in [-0.15, -0.1) is 0 Å². The lowest BCUT2D eigenvalue weighted by atomic mass is 10.1. The molecule has 0 N–H and O–H groups in total. The van der Waals surface area contributed by atoms with Gasteiger partial charge in [0.1, 0.15) is 11.8 Å². The molecule has 1 atom stereocenters. The zero-order valence-corrected chi connectivity index (χ0v) is 16.6. The molecule has 0 bridgehead atoms. The number of carbonyl (C=O) groups is 3. The largest absolute Gasteiger partial charge is 0.494 e. The summed E-state index contributed by atoms with van der Waals surface area (Å²) in [5, 5.41) is 0. The first-order valence-electron chi connectivity index (χ1n) is 9.98. The van der Waals surface area contributed by atoms with Crippen LogP contribution in [0.15, 0.2) is 48.5 Å². The summed E-state index contributed by atoms with van der Waals surface area (Å²) in [5.41, 5.74) is 2.04. The van der Waals surface area contributed by atoms with Gasteiger partial charge in [-0.2, -0.15) is 0 Å². The number of carbonyl (C=O) groups excluding carboxylic acids is 3. The molecule has 29 heavy (non-hydrogen) atoms. The lowest BCUT2D eigenvalue weighted by Gasteiger charge is -2.28. The lowest BCUT2D eigenvalue weighted by molar-refractivity contribution is -0.122. The smallest absolute Gasteiger partial charge is 0.257 e. The van der Waals surface area contributed by atoms with Crippen molar-refractivity contribution in [1.29, 1.82) is 0 Å². The zero-order chi connectivity index (χ0) is 20.5. The van der Waals surface area contributed by atoms with E-state index < -0.39 is 6.04 Å². The lowest BCUT2D eigenvalue weighted by Crippen LogP contribution is -2.46. The van der Waals surface area contributed by atoms with Crippen molar-refractivity contribution in [3.63, 3.8) is 0 Å². The highest BCUT2D eigenvalue weighted by atomic mass is 16.5. The van der Waals surface area contributed by atoms with E-state index in [2.05, 4.69) is 0 Å². The number of benzene rings is 2. The van der Waals surface area contributed by atoms with Crippen molar-refractivity contribution >= 4 is 23.4 Å². The number of ether oxygens (including phenoxy) is 1. The van der Waals surface area contributed by atoms with Crippen LogP contribution in [0.1, 0.15) is 42.1 Å². The molecule has 2 fully saturated rings. The average molecular weight is 392 g/mol. The summed E-state index contributed by atoms with van der Waals surface area (Å²) in [6.07, 6.45) is 1.73. The maximum atomic E-state index is 13.2. The molecule has 0 spiro atoms. The van der Waals surface area contributed by atoms with Gasteiger partial charge in [-0.05, 0) is 63.1 Å². The fourth-order valence-corrected chi connectivity index (χ4v) is 3.80. The van der Waals surface area contributed by atoms with Crippen LogP contribution in [0.5, 0.6) is 5.75 Å². The number of amides is 3. The summed E-state index contributed by atoms with van der Waals surface area (Å²) in [7, 11) is 0. The van der Waals surface area contributed by atoms with Gasteiger partial charge in [-0.1, -0.05) is 17.7 Å². The SMILES string of the molecule is CCOc1ccc(N2C(=O)CC(N(C(=O)c3cccc(C)c3)C3CC3)C2=O)cc1. The molecular formula is C23H24N2O4. The van der Waals surface area contributed by atoms with Crippen LogP contribution < -0.4 is 9.64 Å². The normalized spacial score (nSPS) is 18.8. The molecule has 1 aliphatic carbocycles. The van der Waals surface area contributed by atoms with Crippen LogP contribution in [0.2, 0.25) is 0 Å². The second kappa shape index (κ2) is 7.70. The van der Waals surface area contributed by atoms with Crippen molar-refractivity contribution in [2.75, 3.05) is 11.5 Å². The number of hydrogen-bond acceptors (Lipinski definition) is 4. The number of rotatable bonds is 6. The van der Waals surface area contributed by atoms with E-state index in [-0.39, 0.29) is 30.2 Å². The predicted octanol–water partition coefficient (Wildman–Crippen LogP) is 3.33. The molecular weight excluding hydrogens is 368 g/mol. The standard InChI is InChI=1S/C23H24N2O4/c1-3-29-19-11-9-18(10-12-19)25-21(26)14-20(23(25)28)24(17-7-8-17)22(27)16-6-4-5-15(2)13-16/h4-6,9-13,17,20H,3,7-8,14H2,1-2H3. The maximum absolute atomic E-state index is 13.2. The Balaban J connectivity index is 1.60. The van der Waals surface area contributed by atoms with E-state index in [1.54, 1.807) is 35.2 Å². The van der Waals surface area contributed by atoms with E-state index in [4.69, 9.17) is 4.74 Å². The summed E-state index contributed by atoms with van der Waals surface area (Å²) in [6.45, 7) is 4.36. The van der Waals surface area contributed by atoms with Gasteiger partial charge < -0.3 is 9.64 Å². The van der Waals surface area contributed by atoms with Crippen molar-refractivity contribution in [2.24, 2.45) is 0 Å². The Kier molecular flexibility index (Phi) is 5.09. The quantitative estimate of drug-likeness (QED) is 0.708. The Labute approximate surface area is 170 Å². The molecule has 1 unspecified atom stereocenters. The molecule has 2 aromatic rings. The molecule has 1 heterocycles. The van der Waals surface area contributed by atoms with Crippen LogP contribution in [0.3, 0.4) is 0 Å². The minimum atomic E-state index is -0.755.